The molecule has 0 amide bonds. The predicted molar refractivity (Wildman–Crippen MR) is 133 cm³/mol. The number of alkyl halides is 3. The van der Waals surface area contributed by atoms with Crippen LogP contribution in [0.15, 0.2) is 96.4 Å². The van der Waals surface area contributed by atoms with Gasteiger partial charge < -0.3 is 10.1 Å². The van der Waals surface area contributed by atoms with Gasteiger partial charge in [-0.1, -0.05) is 42.5 Å². The lowest BCUT2D eigenvalue weighted by Crippen LogP contribution is -2.34. The smallest absolute Gasteiger partial charge is 0.417 e. The number of hydrogen-bond acceptors (Lipinski definition) is 5. The van der Waals surface area contributed by atoms with Gasteiger partial charge in [-0.05, 0) is 41.5 Å². The van der Waals surface area contributed by atoms with Gasteiger partial charge in [-0.2, -0.15) is 13.2 Å². The molecular weight excluding hydrogens is 503 g/mol. The standard InChI is InChI=1S/C27H22F3N3O3S/c1-26(31-14-15-36-26)24-17-33(25(32-24)22-8-3-4-9-23(22)27(28,29)30)20-12-10-18(11-13-20)19-6-5-7-21(16-19)37(2,34)35/h3-17,31H,1-2H3. The summed E-state index contributed by atoms with van der Waals surface area (Å²) in [5.74, 6) is 0.105. The summed E-state index contributed by atoms with van der Waals surface area (Å²) in [5.41, 5.74) is 0.512. The van der Waals surface area contributed by atoms with Crippen LogP contribution in [0, 0.1) is 0 Å². The molecule has 1 N–H and O–H groups in total. The molecule has 190 valence electrons. The first-order chi connectivity index (χ1) is 17.5. The van der Waals surface area contributed by atoms with Crippen molar-refractivity contribution < 1.29 is 26.3 Å². The summed E-state index contributed by atoms with van der Waals surface area (Å²) in [5, 5.41) is 3.04. The Hall–Kier alpha value is -4.05. The van der Waals surface area contributed by atoms with Gasteiger partial charge >= 0.3 is 6.18 Å². The summed E-state index contributed by atoms with van der Waals surface area (Å²) in [6.45, 7) is 1.73. The van der Waals surface area contributed by atoms with Crippen molar-refractivity contribution in [1.29, 1.82) is 0 Å². The number of nitrogens with zero attached hydrogens (tertiary/aromatic N) is 2. The third-order valence-corrected chi connectivity index (χ3v) is 7.25. The Bertz CT molecular complexity index is 1600. The monoisotopic (exact) mass is 525 g/mol. The van der Waals surface area contributed by atoms with Crippen LogP contribution in [0.2, 0.25) is 0 Å². The molecule has 0 spiro atoms. The SMILES string of the molecule is CC1(c2cn(-c3ccc(-c4cccc(S(C)(=O)=O)c4)cc3)c(-c3ccccc3C(F)(F)F)n2)NC=CO1. The van der Waals surface area contributed by atoms with Crippen molar-refractivity contribution in [2.24, 2.45) is 0 Å². The van der Waals surface area contributed by atoms with E-state index in [1.807, 2.05) is 0 Å². The molecule has 0 saturated carbocycles. The van der Waals surface area contributed by atoms with E-state index >= 15 is 0 Å². The van der Waals surface area contributed by atoms with Crippen LogP contribution in [0.3, 0.4) is 0 Å². The van der Waals surface area contributed by atoms with Gasteiger partial charge in [-0.25, -0.2) is 13.4 Å². The Morgan fingerprint density at radius 2 is 1.70 bits per heavy atom. The largest absolute Gasteiger partial charge is 0.469 e. The highest BCUT2D eigenvalue weighted by molar-refractivity contribution is 7.90. The summed E-state index contributed by atoms with van der Waals surface area (Å²) < 4.78 is 72.8. The normalized spacial score (nSPS) is 17.4. The highest BCUT2D eigenvalue weighted by Crippen LogP contribution is 2.39. The van der Waals surface area contributed by atoms with E-state index in [1.165, 1.54) is 30.5 Å². The van der Waals surface area contributed by atoms with E-state index in [4.69, 9.17) is 4.74 Å². The molecule has 0 bridgehead atoms. The fourth-order valence-corrected chi connectivity index (χ4v) is 4.84. The second-order valence-corrected chi connectivity index (χ2v) is 10.8. The van der Waals surface area contributed by atoms with Crippen LogP contribution in [-0.4, -0.2) is 24.2 Å². The molecule has 1 aliphatic heterocycles. The van der Waals surface area contributed by atoms with Crippen LogP contribution in [0.25, 0.3) is 28.2 Å². The van der Waals surface area contributed by atoms with Crippen molar-refractivity contribution in [1.82, 2.24) is 14.9 Å². The number of benzene rings is 3. The highest BCUT2D eigenvalue weighted by Gasteiger charge is 2.37. The minimum absolute atomic E-state index is 0.0688. The van der Waals surface area contributed by atoms with Gasteiger partial charge in [0, 0.05) is 36.8 Å². The van der Waals surface area contributed by atoms with Crippen molar-refractivity contribution in [2.45, 2.75) is 23.7 Å². The molecule has 4 aromatic rings. The third-order valence-electron chi connectivity index (χ3n) is 6.14. The van der Waals surface area contributed by atoms with Crippen molar-refractivity contribution in [3.8, 4) is 28.2 Å². The zero-order valence-electron chi connectivity index (χ0n) is 19.8. The van der Waals surface area contributed by atoms with Crippen molar-refractivity contribution >= 4 is 9.84 Å². The van der Waals surface area contributed by atoms with Gasteiger partial charge in [-0.3, -0.25) is 4.57 Å². The quantitative estimate of drug-likeness (QED) is 0.352. The zero-order valence-corrected chi connectivity index (χ0v) is 20.6. The van der Waals surface area contributed by atoms with Gasteiger partial charge in [-0.15, -0.1) is 0 Å². The lowest BCUT2D eigenvalue weighted by atomic mass is 10.0. The molecule has 1 atom stereocenters. The second kappa shape index (κ2) is 8.81. The van der Waals surface area contributed by atoms with Crippen LogP contribution in [0.5, 0.6) is 0 Å². The Balaban J connectivity index is 1.62. The van der Waals surface area contributed by atoms with Gasteiger partial charge in [0.25, 0.3) is 0 Å². The molecule has 1 aromatic heterocycles. The first-order valence-corrected chi connectivity index (χ1v) is 13.1. The molecule has 6 nitrogen and oxygen atoms in total. The van der Waals surface area contributed by atoms with Crippen LogP contribution < -0.4 is 5.32 Å². The molecule has 0 radical (unpaired) electrons. The minimum Gasteiger partial charge on any atom is -0.469 e. The molecule has 1 unspecified atom stereocenters. The highest BCUT2D eigenvalue weighted by atomic mass is 32.2. The van der Waals surface area contributed by atoms with E-state index in [0.717, 1.165) is 17.9 Å². The second-order valence-electron chi connectivity index (χ2n) is 8.81. The summed E-state index contributed by atoms with van der Waals surface area (Å²) >= 11 is 0. The van der Waals surface area contributed by atoms with Crippen molar-refractivity contribution in [3.05, 3.63) is 103 Å². The van der Waals surface area contributed by atoms with Crippen molar-refractivity contribution in [2.75, 3.05) is 6.26 Å². The Labute approximate surface area is 212 Å². The molecule has 3 aromatic carbocycles. The summed E-state index contributed by atoms with van der Waals surface area (Å²) in [4.78, 5) is 4.77. The van der Waals surface area contributed by atoms with Gasteiger partial charge in [0.2, 0.25) is 5.72 Å². The topological polar surface area (TPSA) is 73.2 Å². The number of sulfone groups is 1. The first-order valence-electron chi connectivity index (χ1n) is 11.2. The third kappa shape index (κ3) is 4.72. The molecule has 5 rings (SSSR count). The molecule has 37 heavy (non-hydrogen) atoms. The van der Waals surface area contributed by atoms with Crippen LogP contribution in [0.4, 0.5) is 13.2 Å². The molecule has 0 aliphatic carbocycles. The maximum atomic E-state index is 13.9. The summed E-state index contributed by atoms with van der Waals surface area (Å²) in [7, 11) is -3.38. The maximum absolute atomic E-state index is 13.9. The molecule has 10 heteroatoms. The number of hydrogen-bond donors (Lipinski definition) is 1. The van der Waals surface area contributed by atoms with Crippen LogP contribution in [-0.2, 0) is 26.5 Å². The number of aromatic nitrogens is 2. The zero-order chi connectivity index (χ0) is 26.4. The number of halogens is 3. The number of imidazole rings is 1. The van der Waals surface area contributed by atoms with Gasteiger partial charge in [0.05, 0.1) is 10.5 Å². The number of nitrogens with one attached hydrogen (secondary N) is 1. The fraction of sp³-hybridized carbons (Fsp3) is 0.148. The molecule has 0 fully saturated rings. The molecular formula is C27H22F3N3O3S. The predicted octanol–water partition coefficient (Wildman–Crippen LogP) is 5.89. The first kappa shape index (κ1) is 24.6. The molecule has 1 aliphatic rings. The van der Waals surface area contributed by atoms with Crippen molar-refractivity contribution in [3.63, 3.8) is 0 Å². The van der Waals surface area contributed by atoms with E-state index in [0.29, 0.717) is 16.9 Å². The van der Waals surface area contributed by atoms with E-state index in [-0.39, 0.29) is 16.3 Å². The van der Waals surface area contributed by atoms with Crippen LogP contribution in [0.1, 0.15) is 18.2 Å². The van der Waals surface area contributed by atoms with Gasteiger partial charge in [0.15, 0.2) is 9.84 Å². The average Bonchev–Trinajstić information content (AvgIpc) is 3.51. The number of ether oxygens (including phenoxy) is 1. The minimum atomic E-state index is -4.57. The summed E-state index contributed by atoms with van der Waals surface area (Å²) in [6.07, 6.45) is 1.27. The van der Waals surface area contributed by atoms with Gasteiger partial charge in [0.1, 0.15) is 17.8 Å². The maximum Gasteiger partial charge on any atom is 0.417 e. The Kier molecular flexibility index (Phi) is 5.86. The van der Waals surface area contributed by atoms with E-state index in [1.54, 1.807) is 66.4 Å². The summed E-state index contributed by atoms with van der Waals surface area (Å²) in [6, 6.07) is 18.9. The fourth-order valence-electron chi connectivity index (χ4n) is 4.17. The average molecular weight is 526 g/mol. The lowest BCUT2D eigenvalue weighted by molar-refractivity contribution is -0.137. The van der Waals surface area contributed by atoms with E-state index in [2.05, 4.69) is 10.3 Å². The lowest BCUT2D eigenvalue weighted by Gasteiger charge is -2.21. The molecule has 0 saturated heterocycles. The Morgan fingerprint density at radius 3 is 2.35 bits per heavy atom. The van der Waals surface area contributed by atoms with Crippen LogP contribution >= 0.6 is 0 Å². The Morgan fingerprint density at radius 1 is 0.973 bits per heavy atom. The van der Waals surface area contributed by atoms with E-state index < -0.39 is 27.3 Å². The number of rotatable bonds is 5. The van der Waals surface area contributed by atoms with E-state index in [9.17, 15) is 21.6 Å². The molecule has 2 heterocycles.